The smallest absolute Gasteiger partial charge is 0.174 e. The minimum Gasteiger partial charge on any atom is -0.351 e. The number of thiocarbonyl (C=S) groups is 1. The fraction of sp³-hybridized carbons (Fsp3) is 0.214. The van der Waals surface area contributed by atoms with Crippen LogP contribution in [0.15, 0.2) is 72.9 Å². The highest BCUT2D eigenvalue weighted by molar-refractivity contribution is 7.80. The maximum atomic E-state index is 6.49. The third-order valence-corrected chi connectivity index (χ3v) is 7.37. The number of pyridine rings is 1. The van der Waals surface area contributed by atoms with Gasteiger partial charge in [0, 0.05) is 34.0 Å². The molecule has 2 aromatic carbocycles. The van der Waals surface area contributed by atoms with Crippen LogP contribution in [0.25, 0.3) is 5.69 Å². The fourth-order valence-corrected chi connectivity index (χ4v) is 5.54. The predicted molar refractivity (Wildman–Crippen MR) is 144 cm³/mol. The van der Waals surface area contributed by atoms with Gasteiger partial charge in [0.2, 0.25) is 0 Å². The summed E-state index contributed by atoms with van der Waals surface area (Å²) >= 11 is 12.4. The Hall–Kier alpha value is -3.15. The van der Waals surface area contributed by atoms with Gasteiger partial charge in [0.1, 0.15) is 0 Å². The first-order chi connectivity index (χ1) is 16.4. The highest BCUT2D eigenvalue weighted by atomic mass is 35.5. The van der Waals surface area contributed by atoms with E-state index in [0.717, 1.165) is 39.0 Å². The standard InChI is InChI=1S/C28H27ClN4S/c1-17-9-7-10-21(15-17)33-27(26(31-28(33)34)24-12-5-6-14-30-24)22-16-18(2)32(20(22)4)25-13-8-11-23(29)19(25)3/h5-16,26-27H,1-4H3,(H,31,34)/t26-,27+/m1/s1. The molecule has 0 radical (unpaired) electrons. The van der Waals surface area contributed by atoms with Gasteiger partial charge in [0.15, 0.2) is 5.11 Å². The minimum atomic E-state index is -0.0800. The molecule has 34 heavy (non-hydrogen) atoms. The van der Waals surface area contributed by atoms with Gasteiger partial charge >= 0.3 is 0 Å². The van der Waals surface area contributed by atoms with Gasteiger partial charge in [-0.3, -0.25) is 4.98 Å². The monoisotopic (exact) mass is 486 g/mol. The molecule has 4 aromatic rings. The topological polar surface area (TPSA) is 33.1 Å². The van der Waals surface area contributed by atoms with Gasteiger partial charge in [-0.05, 0) is 99.1 Å². The number of anilines is 1. The van der Waals surface area contributed by atoms with Gasteiger partial charge in [-0.15, -0.1) is 0 Å². The molecule has 2 aromatic heterocycles. The molecule has 172 valence electrons. The van der Waals surface area contributed by atoms with E-state index in [4.69, 9.17) is 23.8 Å². The summed E-state index contributed by atoms with van der Waals surface area (Å²) in [5.74, 6) is 0. The normalized spacial score (nSPS) is 17.8. The van der Waals surface area contributed by atoms with Crippen LogP contribution < -0.4 is 10.2 Å². The van der Waals surface area contributed by atoms with Crippen LogP contribution in [0.3, 0.4) is 0 Å². The van der Waals surface area contributed by atoms with E-state index >= 15 is 0 Å². The molecule has 6 heteroatoms. The lowest BCUT2D eigenvalue weighted by Crippen LogP contribution is -2.29. The average molecular weight is 487 g/mol. The zero-order valence-electron chi connectivity index (χ0n) is 19.7. The zero-order chi connectivity index (χ0) is 24.0. The van der Waals surface area contributed by atoms with Crippen molar-refractivity contribution in [3.8, 4) is 5.69 Å². The van der Waals surface area contributed by atoms with Crippen molar-refractivity contribution in [2.24, 2.45) is 0 Å². The van der Waals surface area contributed by atoms with E-state index in [1.54, 1.807) is 0 Å². The van der Waals surface area contributed by atoms with E-state index in [-0.39, 0.29) is 12.1 Å². The Morgan fingerprint density at radius 2 is 1.74 bits per heavy atom. The first kappa shape index (κ1) is 22.6. The molecule has 0 saturated carbocycles. The molecule has 3 heterocycles. The third kappa shape index (κ3) is 3.79. The summed E-state index contributed by atoms with van der Waals surface area (Å²) in [5.41, 5.74) is 8.92. The van der Waals surface area contributed by atoms with Crippen LogP contribution in [0.1, 0.15) is 45.9 Å². The quantitative estimate of drug-likeness (QED) is 0.317. The van der Waals surface area contributed by atoms with Crippen molar-refractivity contribution in [1.82, 2.24) is 14.9 Å². The Morgan fingerprint density at radius 1 is 0.941 bits per heavy atom. The van der Waals surface area contributed by atoms with Crippen molar-refractivity contribution in [1.29, 1.82) is 0 Å². The van der Waals surface area contributed by atoms with E-state index in [1.807, 2.05) is 30.5 Å². The number of halogens is 1. The van der Waals surface area contributed by atoms with Crippen molar-refractivity contribution in [2.45, 2.75) is 39.8 Å². The molecule has 1 aliphatic rings. The maximum absolute atomic E-state index is 6.49. The molecule has 1 N–H and O–H groups in total. The number of nitrogens with zero attached hydrogens (tertiary/aromatic N) is 3. The summed E-state index contributed by atoms with van der Waals surface area (Å²) in [5, 5.41) is 5.04. The number of hydrogen-bond donors (Lipinski definition) is 1. The summed E-state index contributed by atoms with van der Waals surface area (Å²) in [6.45, 7) is 8.49. The first-order valence-corrected chi connectivity index (χ1v) is 12.2. The first-order valence-electron chi connectivity index (χ1n) is 11.4. The highest BCUT2D eigenvalue weighted by Crippen LogP contribution is 2.44. The van der Waals surface area contributed by atoms with E-state index in [9.17, 15) is 0 Å². The van der Waals surface area contributed by atoms with Crippen LogP contribution in [0.2, 0.25) is 5.02 Å². The molecule has 1 aliphatic heterocycles. The van der Waals surface area contributed by atoms with Crippen LogP contribution in [-0.4, -0.2) is 14.7 Å². The average Bonchev–Trinajstić information content (AvgIpc) is 3.32. The number of benzene rings is 2. The van der Waals surface area contributed by atoms with E-state index in [1.165, 1.54) is 11.1 Å². The largest absolute Gasteiger partial charge is 0.351 e. The van der Waals surface area contributed by atoms with Crippen LogP contribution in [-0.2, 0) is 0 Å². The number of rotatable bonds is 4. The Bertz CT molecular complexity index is 1380. The second kappa shape index (κ2) is 8.90. The van der Waals surface area contributed by atoms with Crippen molar-refractivity contribution in [2.75, 3.05) is 4.90 Å². The lowest BCUT2D eigenvalue weighted by atomic mass is 9.96. The van der Waals surface area contributed by atoms with Gasteiger partial charge in [-0.1, -0.05) is 35.9 Å². The maximum Gasteiger partial charge on any atom is 0.174 e. The molecule has 1 saturated heterocycles. The molecule has 2 atom stereocenters. The minimum absolute atomic E-state index is 0.0522. The number of aromatic nitrogens is 2. The third-order valence-electron chi connectivity index (χ3n) is 6.65. The summed E-state index contributed by atoms with van der Waals surface area (Å²) in [4.78, 5) is 6.92. The molecule has 5 rings (SSSR count). The van der Waals surface area contributed by atoms with Crippen molar-refractivity contribution >= 4 is 34.6 Å². The molecule has 0 bridgehead atoms. The summed E-state index contributed by atoms with van der Waals surface area (Å²) < 4.78 is 2.29. The highest BCUT2D eigenvalue weighted by Gasteiger charge is 2.42. The lowest BCUT2D eigenvalue weighted by Gasteiger charge is -2.28. The lowest BCUT2D eigenvalue weighted by molar-refractivity contribution is 0.565. The van der Waals surface area contributed by atoms with Crippen molar-refractivity contribution in [3.63, 3.8) is 0 Å². The van der Waals surface area contributed by atoms with Gasteiger partial charge in [0.05, 0.1) is 17.8 Å². The van der Waals surface area contributed by atoms with Crippen LogP contribution >= 0.6 is 23.8 Å². The zero-order valence-corrected chi connectivity index (χ0v) is 21.3. The molecule has 4 nitrogen and oxygen atoms in total. The number of aryl methyl sites for hydroxylation is 2. The SMILES string of the molecule is Cc1cccc(N2C(=S)N[C@H](c3ccccn3)[C@@H]2c2cc(C)n(-c3cccc(Cl)c3C)c2C)c1. The molecule has 0 unspecified atom stereocenters. The van der Waals surface area contributed by atoms with E-state index < -0.39 is 0 Å². The van der Waals surface area contributed by atoms with Gasteiger partial charge in [-0.25, -0.2) is 0 Å². The summed E-state index contributed by atoms with van der Waals surface area (Å²) in [6.07, 6.45) is 1.84. The molecule has 0 aliphatic carbocycles. The van der Waals surface area contributed by atoms with Crippen molar-refractivity contribution < 1.29 is 0 Å². The van der Waals surface area contributed by atoms with Crippen molar-refractivity contribution in [3.05, 3.63) is 112 Å². The second-order valence-corrected chi connectivity index (χ2v) is 9.68. The van der Waals surface area contributed by atoms with Gasteiger partial charge in [0.25, 0.3) is 0 Å². The van der Waals surface area contributed by atoms with E-state index in [0.29, 0.717) is 5.11 Å². The van der Waals surface area contributed by atoms with Crippen LogP contribution in [0.4, 0.5) is 5.69 Å². The summed E-state index contributed by atoms with van der Waals surface area (Å²) in [7, 11) is 0. The molecule has 0 spiro atoms. The number of nitrogens with one attached hydrogen (secondary N) is 1. The molecule has 0 amide bonds. The predicted octanol–water partition coefficient (Wildman–Crippen LogP) is 6.94. The Labute approximate surface area is 211 Å². The molecular weight excluding hydrogens is 460 g/mol. The van der Waals surface area contributed by atoms with Crippen LogP contribution in [0, 0.1) is 27.7 Å². The van der Waals surface area contributed by atoms with Gasteiger partial charge in [-0.2, -0.15) is 0 Å². The second-order valence-electron chi connectivity index (χ2n) is 8.88. The Morgan fingerprint density at radius 3 is 2.47 bits per heavy atom. The molecular formula is C28H27ClN4S. The Kier molecular flexibility index (Phi) is 5.92. The van der Waals surface area contributed by atoms with Gasteiger partial charge < -0.3 is 14.8 Å². The number of hydrogen-bond acceptors (Lipinski definition) is 2. The van der Waals surface area contributed by atoms with E-state index in [2.05, 4.69) is 89.9 Å². The Balaban J connectivity index is 1.71. The summed E-state index contributed by atoms with van der Waals surface area (Å²) in [6, 6.07) is 22.7. The molecule has 1 fully saturated rings. The van der Waals surface area contributed by atoms with Crippen LogP contribution in [0.5, 0.6) is 0 Å². The fourth-order valence-electron chi connectivity index (χ4n) is 5.02.